The lowest BCUT2D eigenvalue weighted by molar-refractivity contribution is 0.767. The highest BCUT2D eigenvalue weighted by Gasteiger charge is 2.46. The first-order valence-corrected chi connectivity index (χ1v) is 26.3. The third kappa shape index (κ3) is 6.37. The molecule has 346 valence electrons. The van der Waals surface area contributed by atoms with Gasteiger partial charge in [0.25, 0.3) is 0 Å². The standard InChI is InChI=1S/C71H46N2S/c1-4-20-47(21-5-1)69-42-43-70(74-69)73(68-45-48-22-10-11-27-53(48)55-28-13-15-32-60(55)68)66-41-39-54(56-29-12-14-31-59(56)66)49-36-40-67-62(44-49)61-33-17-19-35-65(61)72(67)52-37-38-58-57-30-16-18-34-63(57)71(64(58)46-52,50-23-6-2-7-24-50)51-25-8-3-9-26-51/h1-46H. The summed E-state index contributed by atoms with van der Waals surface area (Å²) in [5.74, 6) is 0. The van der Waals surface area contributed by atoms with E-state index in [2.05, 4.69) is 289 Å². The molecule has 2 heterocycles. The smallest absolute Gasteiger partial charge is 0.101 e. The van der Waals surface area contributed by atoms with Crippen LogP contribution in [0.2, 0.25) is 0 Å². The van der Waals surface area contributed by atoms with Crippen molar-refractivity contribution in [3.63, 3.8) is 0 Å². The largest absolute Gasteiger partial charge is 0.309 e. The van der Waals surface area contributed by atoms with Gasteiger partial charge in [0.05, 0.1) is 27.8 Å². The molecule has 0 radical (unpaired) electrons. The Morgan fingerprint density at radius 3 is 1.68 bits per heavy atom. The van der Waals surface area contributed by atoms with E-state index in [9.17, 15) is 0 Å². The molecule has 2 aromatic heterocycles. The highest BCUT2D eigenvalue weighted by Crippen LogP contribution is 2.57. The van der Waals surface area contributed by atoms with E-state index in [0.29, 0.717) is 0 Å². The van der Waals surface area contributed by atoms with Gasteiger partial charge in [0.15, 0.2) is 0 Å². The van der Waals surface area contributed by atoms with Gasteiger partial charge >= 0.3 is 0 Å². The predicted molar refractivity (Wildman–Crippen MR) is 314 cm³/mol. The molecular weight excluding hydrogens is 913 g/mol. The monoisotopic (exact) mass is 958 g/mol. The van der Waals surface area contributed by atoms with Crippen LogP contribution in [0.5, 0.6) is 0 Å². The Bertz CT molecular complexity index is 4450. The summed E-state index contributed by atoms with van der Waals surface area (Å²) in [6.45, 7) is 0. The van der Waals surface area contributed by atoms with E-state index in [1.165, 1.54) is 109 Å². The molecule has 0 saturated carbocycles. The summed E-state index contributed by atoms with van der Waals surface area (Å²) in [4.78, 5) is 3.74. The Morgan fingerprint density at radius 2 is 0.905 bits per heavy atom. The van der Waals surface area contributed by atoms with Gasteiger partial charge in [0.2, 0.25) is 0 Å². The number of benzene rings is 12. The molecule has 12 aromatic carbocycles. The maximum atomic E-state index is 2.51. The lowest BCUT2D eigenvalue weighted by Gasteiger charge is -2.34. The number of hydrogen-bond donors (Lipinski definition) is 0. The van der Waals surface area contributed by atoms with Crippen molar-refractivity contribution in [3.05, 3.63) is 301 Å². The first-order chi connectivity index (χ1) is 36.7. The molecule has 2 nitrogen and oxygen atoms in total. The van der Waals surface area contributed by atoms with E-state index in [0.717, 1.165) is 22.1 Å². The van der Waals surface area contributed by atoms with Crippen molar-refractivity contribution in [1.29, 1.82) is 0 Å². The third-order valence-corrected chi connectivity index (χ3v) is 16.8. The third-order valence-electron chi connectivity index (χ3n) is 15.7. The SMILES string of the molecule is c1ccc(-c2ccc(N(c3ccc(-c4ccc5c(c4)c4ccccc4n5-c4ccc5c(c4)C(c4ccccc4)(c4ccccc4)c4ccccc4-5)c4ccccc34)c3cc4ccccc4c4ccccc34)s2)cc1. The number of fused-ring (bicyclic) bond motifs is 10. The van der Waals surface area contributed by atoms with Gasteiger partial charge < -0.3 is 9.47 Å². The second-order valence-corrected chi connectivity index (χ2v) is 20.6. The first-order valence-electron chi connectivity index (χ1n) is 25.5. The van der Waals surface area contributed by atoms with Gasteiger partial charge in [-0.25, -0.2) is 0 Å². The summed E-state index contributed by atoms with van der Waals surface area (Å²) in [5, 5.41) is 11.0. The molecule has 0 spiro atoms. The normalized spacial score (nSPS) is 12.7. The van der Waals surface area contributed by atoms with Crippen LogP contribution in [0, 0.1) is 0 Å². The fraction of sp³-hybridized carbons (Fsp3) is 0.0141. The van der Waals surface area contributed by atoms with Gasteiger partial charge in [-0.1, -0.05) is 224 Å². The second-order valence-electron chi connectivity index (χ2n) is 19.5. The topological polar surface area (TPSA) is 8.17 Å². The molecule has 15 rings (SSSR count). The van der Waals surface area contributed by atoms with Crippen molar-refractivity contribution in [3.8, 4) is 38.4 Å². The molecule has 3 heteroatoms. The van der Waals surface area contributed by atoms with Crippen LogP contribution in [0.25, 0.3) is 92.5 Å². The van der Waals surface area contributed by atoms with Crippen LogP contribution in [0.3, 0.4) is 0 Å². The van der Waals surface area contributed by atoms with Gasteiger partial charge in [-0.2, -0.15) is 0 Å². The minimum absolute atomic E-state index is 0.492. The molecule has 0 bridgehead atoms. The van der Waals surface area contributed by atoms with E-state index in [4.69, 9.17) is 0 Å². The Balaban J connectivity index is 0.912. The summed E-state index contributed by atoms with van der Waals surface area (Å²) in [6.07, 6.45) is 0. The van der Waals surface area contributed by atoms with E-state index in [1.807, 2.05) is 11.3 Å². The first kappa shape index (κ1) is 42.4. The highest BCUT2D eigenvalue weighted by molar-refractivity contribution is 7.19. The van der Waals surface area contributed by atoms with Crippen molar-refractivity contribution in [1.82, 2.24) is 4.57 Å². The quantitative estimate of drug-likeness (QED) is 0.138. The average molecular weight is 959 g/mol. The summed E-state index contributed by atoms with van der Waals surface area (Å²) < 4.78 is 2.48. The maximum absolute atomic E-state index is 2.51. The molecule has 74 heavy (non-hydrogen) atoms. The Hall–Kier alpha value is -9.28. The zero-order valence-corrected chi connectivity index (χ0v) is 41.2. The van der Waals surface area contributed by atoms with E-state index >= 15 is 0 Å². The van der Waals surface area contributed by atoms with Gasteiger partial charge in [0, 0.05) is 32.1 Å². The summed E-state index contributed by atoms with van der Waals surface area (Å²) in [7, 11) is 0. The molecule has 0 N–H and O–H groups in total. The Morgan fingerprint density at radius 1 is 0.324 bits per heavy atom. The molecule has 1 aliphatic carbocycles. The number of anilines is 3. The number of rotatable bonds is 8. The second kappa shape index (κ2) is 16.9. The number of para-hydroxylation sites is 1. The van der Waals surface area contributed by atoms with Crippen molar-refractivity contribution < 1.29 is 0 Å². The fourth-order valence-electron chi connectivity index (χ4n) is 12.5. The Labute approximate surface area is 433 Å². The minimum atomic E-state index is -0.492. The number of thiophene rings is 1. The number of nitrogens with zero attached hydrogens (tertiary/aromatic N) is 2. The van der Waals surface area contributed by atoms with Crippen LogP contribution < -0.4 is 4.90 Å². The van der Waals surface area contributed by atoms with Crippen LogP contribution in [-0.4, -0.2) is 4.57 Å². The van der Waals surface area contributed by atoms with Gasteiger partial charge in [0.1, 0.15) is 5.00 Å². The molecule has 0 amide bonds. The summed E-state index contributed by atoms with van der Waals surface area (Å²) in [6, 6.07) is 103. The van der Waals surface area contributed by atoms with Crippen LogP contribution in [0.15, 0.2) is 279 Å². The van der Waals surface area contributed by atoms with Crippen molar-refractivity contribution in [2.45, 2.75) is 5.41 Å². The molecule has 0 unspecified atom stereocenters. The van der Waals surface area contributed by atoms with Gasteiger partial charge in [-0.05, 0) is 126 Å². The maximum Gasteiger partial charge on any atom is 0.101 e. The average Bonchev–Trinajstić information content (AvgIpc) is 4.23. The van der Waals surface area contributed by atoms with Crippen molar-refractivity contribution in [2.24, 2.45) is 0 Å². The molecule has 1 aliphatic rings. The predicted octanol–water partition coefficient (Wildman–Crippen LogP) is 19.5. The summed E-state index contributed by atoms with van der Waals surface area (Å²) >= 11 is 1.83. The molecule has 0 fully saturated rings. The van der Waals surface area contributed by atoms with E-state index < -0.39 is 5.41 Å². The fourth-order valence-corrected chi connectivity index (χ4v) is 13.6. The molecular formula is C71H46N2S. The van der Waals surface area contributed by atoms with Gasteiger partial charge in [-0.15, -0.1) is 11.3 Å². The minimum Gasteiger partial charge on any atom is -0.309 e. The Kier molecular flexibility index (Phi) is 9.70. The highest BCUT2D eigenvalue weighted by atomic mass is 32.1. The van der Waals surface area contributed by atoms with Crippen LogP contribution in [-0.2, 0) is 5.41 Å². The van der Waals surface area contributed by atoms with E-state index in [1.54, 1.807) is 0 Å². The van der Waals surface area contributed by atoms with Crippen molar-refractivity contribution >= 4 is 81.8 Å². The summed E-state index contributed by atoms with van der Waals surface area (Å²) in [5.41, 5.74) is 16.6. The lowest BCUT2D eigenvalue weighted by Crippen LogP contribution is -2.28. The van der Waals surface area contributed by atoms with Gasteiger partial charge in [-0.3, -0.25) is 0 Å². The lowest BCUT2D eigenvalue weighted by atomic mass is 9.67. The van der Waals surface area contributed by atoms with Crippen molar-refractivity contribution in [2.75, 3.05) is 4.90 Å². The number of aromatic nitrogens is 1. The van der Waals surface area contributed by atoms with Crippen LogP contribution >= 0.6 is 11.3 Å². The van der Waals surface area contributed by atoms with Crippen LogP contribution in [0.1, 0.15) is 22.3 Å². The van der Waals surface area contributed by atoms with Crippen LogP contribution in [0.4, 0.5) is 16.4 Å². The zero-order chi connectivity index (χ0) is 48.7. The zero-order valence-electron chi connectivity index (χ0n) is 40.4. The number of hydrogen-bond acceptors (Lipinski definition) is 2. The van der Waals surface area contributed by atoms with E-state index in [-0.39, 0.29) is 0 Å². The molecule has 14 aromatic rings. The molecule has 0 saturated heterocycles. The molecule has 0 atom stereocenters. The molecule has 0 aliphatic heterocycles.